The molecule has 0 atom stereocenters. The van der Waals surface area contributed by atoms with E-state index in [1.54, 1.807) is 25.1 Å². The second-order valence-corrected chi connectivity index (χ2v) is 6.34. The van der Waals surface area contributed by atoms with E-state index in [0.717, 1.165) is 0 Å². The van der Waals surface area contributed by atoms with Crippen LogP contribution in [0.1, 0.15) is 38.8 Å². The van der Waals surface area contributed by atoms with Crippen LogP contribution in [0.5, 0.6) is 11.5 Å². The lowest BCUT2D eigenvalue weighted by atomic mass is 10.1. The molecule has 0 spiro atoms. The Hall–Kier alpha value is -3.86. The zero-order valence-corrected chi connectivity index (χ0v) is 15.7. The topological polar surface area (TPSA) is 117 Å². The van der Waals surface area contributed by atoms with Crippen LogP contribution < -0.4 is 4.74 Å². The molecule has 1 N–H and O–H groups in total. The molecule has 0 aliphatic carbocycles. The van der Waals surface area contributed by atoms with Gasteiger partial charge in [-0.15, -0.1) is 0 Å². The molecular formula is C21H18N2O6. The summed E-state index contributed by atoms with van der Waals surface area (Å²) in [5, 5.41) is 19.1. The van der Waals surface area contributed by atoms with Crippen molar-refractivity contribution in [3.05, 3.63) is 58.7 Å². The molecule has 1 aliphatic rings. The maximum absolute atomic E-state index is 12.6. The first-order chi connectivity index (χ1) is 13.9. The molecule has 0 aromatic heterocycles. The zero-order valence-electron chi connectivity index (χ0n) is 15.7. The molecule has 0 radical (unpaired) electrons. The highest BCUT2D eigenvalue weighted by molar-refractivity contribution is 6.05. The van der Waals surface area contributed by atoms with Gasteiger partial charge in [0.15, 0.2) is 12.4 Å². The molecule has 29 heavy (non-hydrogen) atoms. The number of hydrogen-bond acceptors (Lipinski definition) is 7. The van der Waals surface area contributed by atoms with E-state index in [0.29, 0.717) is 16.7 Å². The lowest BCUT2D eigenvalue weighted by molar-refractivity contribution is -0.145. The van der Waals surface area contributed by atoms with E-state index in [4.69, 9.17) is 14.7 Å². The number of ether oxygens (including phenoxy) is 2. The van der Waals surface area contributed by atoms with Crippen molar-refractivity contribution >= 4 is 17.7 Å². The number of amides is 1. The fourth-order valence-electron chi connectivity index (χ4n) is 3.02. The normalized spacial score (nSPS) is 12.3. The van der Waals surface area contributed by atoms with Gasteiger partial charge in [-0.3, -0.25) is 9.59 Å². The molecule has 1 aliphatic heterocycles. The predicted molar refractivity (Wildman–Crippen MR) is 100 cm³/mol. The molecule has 3 rings (SSSR count). The van der Waals surface area contributed by atoms with Crippen LogP contribution in [-0.2, 0) is 16.1 Å². The standard InChI is InChI=1S/C21H18N2O6/c1-2-28-20(26)12-29-15-4-6-17(18(24)8-15)19(25)11-23-10-14-7-13(9-22)3-5-16(14)21(23)27/h3-8,24H,2,10-12H2,1H3. The first-order valence-electron chi connectivity index (χ1n) is 8.90. The van der Waals surface area contributed by atoms with Crippen LogP contribution in [0.3, 0.4) is 0 Å². The van der Waals surface area contributed by atoms with Crippen LogP contribution in [-0.4, -0.2) is 47.4 Å². The summed E-state index contributed by atoms with van der Waals surface area (Å²) in [7, 11) is 0. The summed E-state index contributed by atoms with van der Waals surface area (Å²) in [4.78, 5) is 37.7. The summed E-state index contributed by atoms with van der Waals surface area (Å²) in [6.45, 7) is 1.60. The van der Waals surface area contributed by atoms with Crippen molar-refractivity contribution in [2.24, 2.45) is 0 Å². The Bertz CT molecular complexity index is 1020. The van der Waals surface area contributed by atoms with E-state index < -0.39 is 11.8 Å². The van der Waals surface area contributed by atoms with Crippen molar-refractivity contribution < 1.29 is 29.0 Å². The third kappa shape index (κ3) is 4.35. The van der Waals surface area contributed by atoms with Gasteiger partial charge in [0.1, 0.15) is 11.5 Å². The van der Waals surface area contributed by atoms with Gasteiger partial charge < -0.3 is 19.5 Å². The van der Waals surface area contributed by atoms with Crippen molar-refractivity contribution in [2.45, 2.75) is 13.5 Å². The number of esters is 1. The molecule has 0 saturated carbocycles. The molecular weight excluding hydrogens is 376 g/mol. The van der Waals surface area contributed by atoms with Gasteiger partial charge in [-0.25, -0.2) is 4.79 Å². The number of aromatic hydroxyl groups is 1. The highest BCUT2D eigenvalue weighted by atomic mass is 16.6. The number of rotatable bonds is 7. The number of carbonyl (C=O) groups excluding carboxylic acids is 3. The van der Waals surface area contributed by atoms with E-state index in [2.05, 4.69) is 0 Å². The van der Waals surface area contributed by atoms with Crippen LogP contribution >= 0.6 is 0 Å². The maximum Gasteiger partial charge on any atom is 0.344 e. The van der Waals surface area contributed by atoms with Gasteiger partial charge in [0.2, 0.25) is 0 Å². The first-order valence-corrected chi connectivity index (χ1v) is 8.90. The second kappa shape index (κ2) is 8.44. The maximum atomic E-state index is 12.6. The largest absolute Gasteiger partial charge is 0.507 e. The summed E-state index contributed by atoms with van der Waals surface area (Å²) < 4.78 is 9.96. The Morgan fingerprint density at radius 1 is 1.24 bits per heavy atom. The number of benzene rings is 2. The number of fused-ring (bicyclic) bond motifs is 1. The molecule has 8 nitrogen and oxygen atoms in total. The van der Waals surface area contributed by atoms with Gasteiger partial charge in [-0.2, -0.15) is 5.26 Å². The smallest absolute Gasteiger partial charge is 0.344 e. The number of phenols is 1. The summed E-state index contributed by atoms with van der Waals surface area (Å²) in [6, 6.07) is 10.8. The van der Waals surface area contributed by atoms with E-state index in [1.165, 1.54) is 23.1 Å². The summed E-state index contributed by atoms with van der Waals surface area (Å²) >= 11 is 0. The summed E-state index contributed by atoms with van der Waals surface area (Å²) in [6.07, 6.45) is 0. The van der Waals surface area contributed by atoms with E-state index >= 15 is 0 Å². The van der Waals surface area contributed by atoms with Crippen molar-refractivity contribution in [2.75, 3.05) is 19.8 Å². The van der Waals surface area contributed by atoms with E-state index in [1.807, 2.05) is 6.07 Å². The van der Waals surface area contributed by atoms with Gasteiger partial charge in [-0.05, 0) is 42.8 Å². The molecule has 2 aromatic carbocycles. The van der Waals surface area contributed by atoms with Crippen LogP contribution in [0.2, 0.25) is 0 Å². The number of hydrogen-bond donors (Lipinski definition) is 1. The number of Topliss-reactive ketones (excluding diaryl/α,β-unsaturated/α-hetero) is 1. The van der Waals surface area contributed by atoms with Crippen LogP contribution in [0.4, 0.5) is 0 Å². The van der Waals surface area contributed by atoms with Gasteiger partial charge >= 0.3 is 5.97 Å². The SMILES string of the molecule is CCOC(=O)COc1ccc(C(=O)CN2Cc3cc(C#N)ccc3C2=O)c(O)c1. The Labute approximate surface area is 166 Å². The third-order valence-corrected chi connectivity index (χ3v) is 4.38. The number of carbonyl (C=O) groups is 3. The number of nitriles is 1. The van der Waals surface area contributed by atoms with Crippen molar-refractivity contribution in [1.29, 1.82) is 5.26 Å². The van der Waals surface area contributed by atoms with Crippen LogP contribution in [0.15, 0.2) is 36.4 Å². The molecule has 148 valence electrons. The fourth-order valence-corrected chi connectivity index (χ4v) is 3.02. The molecule has 1 heterocycles. The van der Waals surface area contributed by atoms with Gasteiger partial charge in [-0.1, -0.05) is 0 Å². The summed E-state index contributed by atoms with van der Waals surface area (Å²) in [5.74, 6) is -1.39. The molecule has 0 unspecified atom stereocenters. The van der Waals surface area contributed by atoms with E-state index in [-0.39, 0.29) is 49.3 Å². The highest BCUT2D eigenvalue weighted by Crippen LogP contribution is 2.27. The van der Waals surface area contributed by atoms with Gasteiger partial charge in [0.25, 0.3) is 5.91 Å². The minimum Gasteiger partial charge on any atom is -0.507 e. The van der Waals surface area contributed by atoms with Crippen molar-refractivity contribution in [3.8, 4) is 17.6 Å². The Morgan fingerprint density at radius 2 is 2.03 bits per heavy atom. The van der Waals surface area contributed by atoms with Crippen molar-refractivity contribution in [1.82, 2.24) is 4.90 Å². The zero-order chi connectivity index (χ0) is 21.0. The average Bonchev–Trinajstić information content (AvgIpc) is 3.01. The number of phenolic OH excluding ortho intramolecular Hbond substituents is 1. The highest BCUT2D eigenvalue weighted by Gasteiger charge is 2.29. The Balaban J connectivity index is 1.66. The quantitative estimate of drug-likeness (QED) is 0.564. The van der Waals surface area contributed by atoms with Crippen molar-refractivity contribution in [3.63, 3.8) is 0 Å². The molecule has 1 amide bonds. The fraction of sp³-hybridized carbons (Fsp3) is 0.238. The molecule has 8 heteroatoms. The second-order valence-electron chi connectivity index (χ2n) is 6.34. The van der Waals surface area contributed by atoms with Gasteiger partial charge in [0, 0.05) is 18.2 Å². The van der Waals surface area contributed by atoms with E-state index in [9.17, 15) is 19.5 Å². The predicted octanol–water partition coefficient (Wildman–Crippen LogP) is 2.04. The molecule has 0 fully saturated rings. The average molecular weight is 394 g/mol. The first kappa shape index (κ1) is 19.9. The lowest BCUT2D eigenvalue weighted by Crippen LogP contribution is -2.30. The monoisotopic (exact) mass is 394 g/mol. The van der Waals surface area contributed by atoms with Crippen LogP contribution in [0.25, 0.3) is 0 Å². The molecule has 0 bridgehead atoms. The van der Waals surface area contributed by atoms with Crippen LogP contribution in [0, 0.1) is 11.3 Å². The Morgan fingerprint density at radius 3 is 2.72 bits per heavy atom. The number of nitrogens with zero attached hydrogens (tertiary/aromatic N) is 2. The molecule has 2 aromatic rings. The number of ketones is 1. The lowest BCUT2D eigenvalue weighted by Gasteiger charge is -2.15. The minimum absolute atomic E-state index is 0.0370. The third-order valence-electron chi connectivity index (χ3n) is 4.38. The van der Waals surface area contributed by atoms with Gasteiger partial charge in [0.05, 0.1) is 30.3 Å². The Kier molecular flexibility index (Phi) is 5.79. The molecule has 0 saturated heterocycles. The summed E-state index contributed by atoms with van der Waals surface area (Å²) in [5.41, 5.74) is 1.63. The minimum atomic E-state index is -0.543.